The maximum Gasteiger partial charge on any atom is 0.00791 e. The van der Waals surface area contributed by atoms with E-state index >= 15 is 0 Å². The lowest BCUT2D eigenvalue weighted by molar-refractivity contribution is 0.672. The SMILES string of the molecule is CCCCCCC=C1CCC(N)C1. The first kappa shape index (κ1) is 10.8. The fourth-order valence-electron chi connectivity index (χ4n) is 1.97. The van der Waals surface area contributed by atoms with Crippen molar-refractivity contribution in [2.75, 3.05) is 0 Å². The van der Waals surface area contributed by atoms with Crippen molar-refractivity contribution in [3.05, 3.63) is 11.6 Å². The summed E-state index contributed by atoms with van der Waals surface area (Å²) >= 11 is 0. The molecule has 0 bridgehead atoms. The number of hydrogen-bond acceptors (Lipinski definition) is 1. The summed E-state index contributed by atoms with van der Waals surface area (Å²) in [5.41, 5.74) is 7.45. The van der Waals surface area contributed by atoms with Crippen LogP contribution in [-0.2, 0) is 0 Å². The summed E-state index contributed by atoms with van der Waals surface area (Å²) in [6.07, 6.45) is 12.8. The quantitative estimate of drug-likeness (QED) is 0.510. The van der Waals surface area contributed by atoms with E-state index in [2.05, 4.69) is 13.0 Å². The van der Waals surface area contributed by atoms with Crippen LogP contribution in [0.5, 0.6) is 0 Å². The number of unbranched alkanes of at least 4 members (excludes halogenated alkanes) is 4. The van der Waals surface area contributed by atoms with Crippen molar-refractivity contribution in [3.63, 3.8) is 0 Å². The fraction of sp³-hybridized carbons (Fsp3) is 0.833. The molecular formula is C12H23N. The molecule has 1 atom stereocenters. The second kappa shape index (κ2) is 6.20. The standard InChI is InChI=1S/C12H23N/c1-2-3-4-5-6-7-11-8-9-12(13)10-11/h7,12H,2-6,8-10,13H2,1H3. The molecule has 0 spiro atoms. The van der Waals surface area contributed by atoms with Gasteiger partial charge in [-0.25, -0.2) is 0 Å². The summed E-state index contributed by atoms with van der Waals surface area (Å²) in [7, 11) is 0. The van der Waals surface area contributed by atoms with Crippen molar-refractivity contribution < 1.29 is 0 Å². The van der Waals surface area contributed by atoms with Crippen molar-refractivity contribution in [2.24, 2.45) is 5.73 Å². The average molecular weight is 181 g/mol. The molecule has 1 aliphatic rings. The third kappa shape index (κ3) is 4.47. The largest absolute Gasteiger partial charge is 0.327 e. The van der Waals surface area contributed by atoms with Crippen LogP contribution in [0.1, 0.15) is 58.3 Å². The molecule has 0 aromatic heterocycles. The van der Waals surface area contributed by atoms with Gasteiger partial charge in [-0.1, -0.05) is 37.8 Å². The minimum atomic E-state index is 0.460. The third-order valence-electron chi connectivity index (χ3n) is 2.85. The van der Waals surface area contributed by atoms with E-state index in [0.717, 1.165) is 6.42 Å². The van der Waals surface area contributed by atoms with Crippen molar-refractivity contribution in [1.82, 2.24) is 0 Å². The van der Waals surface area contributed by atoms with Gasteiger partial charge in [0.05, 0.1) is 0 Å². The smallest absolute Gasteiger partial charge is 0.00791 e. The molecule has 1 nitrogen and oxygen atoms in total. The summed E-state index contributed by atoms with van der Waals surface area (Å²) < 4.78 is 0. The monoisotopic (exact) mass is 181 g/mol. The van der Waals surface area contributed by atoms with E-state index in [1.807, 2.05) is 0 Å². The van der Waals surface area contributed by atoms with Gasteiger partial charge in [0.1, 0.15) is 0 Å². The molecule has 1 fully saturated rings. The highest BCUT2D eigenvalue weighted by Gasteiger charge is 2.13. The van der Waals surface area contributed by atoms with E-state index in [4.69, 9.17) is 5.73 Å². The van der Waals surface area contributed by atoms with Crippen molar-refractivity contribution >= 4 is 0 Å². The summed E-state index contributed by atoms with van der Waals surface area (Å²) in [4.78, 5) is 0. The maximum absolute atomic E-state index is 5.84. The molecule has 0 amide bonds. The van der Waals surface area contributed by atoms with Gasteiger partial charge in [0, 0.05) is 6.04 Å². The Hall–Kier alpha value is -0.300. The van der Waals surface area contributed by atoms with E-state index in [-0.39, 0.29) is 0 Å². The van der Waals surface area contributed by atoms with Crippen LogP contribution in [0.4, 0.5) is 0 Å². The number of hydrogen-bond donors (Lipinski definition) is 1. The molecule has 0 aliphatic heterocycles. The van der Waals surface area contributed by atoms with Crippen LogP contribution in [0.3, 0.4) is 0 Å². The lowest BCUT2D eigenvalue weighted by Gasteiger charge is -1.98. The summed E-state index contributed by atoms with van der Waals surface area (Å²) in [5, 5.41) is 0. The van der Waals surface area contributed by atoms with Gasteiger partial charge in [-0.05, 0) is 32.1 Å². The van der Waals surface area contributed by atoms with Crippen LogP contribution in [0.25, 0.3) is 0 Å². The highest BCUT2D eigenvalue weighted by molar-refractivity contribution is 5.09. The zero-order valence-corrected chi connectivity index (χ0v) is 8.89. The van der Waals surface area contributed by atoms with Crippen LogP contribution >= 0.6 is 0 Å². The zero-order valence-electron chi connectivity index (χ0n) is 8.89. The van der Waals surface area contributed by atoms with Crippen LogP contribution in [0.2, 0.25) is 0 Å². The first-order valence-corrected chi connectivity index (χ1v) is 5.76. The van der Waals surface area contributed by atoms with Gasteiger partial charge in [-0.3, -0.25) is 0 Å². The van der Waals surface area contributed by atoms with Gasteiger partial charge in [-0.2, -0.15) is 0 Å². The van der Waals surface area contributed by atoms with Gasteiger partial charge in [0.15, 0.2) is 0 Å². The van der Waals surface area contributed by atoms with Crippen LogP contribution in [0.15, 0.2) is 11.6 Å². The minimum Gasteiger partial charge on any atom is -0.327 e. The lowest BCUT2D eigenvalue weighted by Crippen LogP contribution is -2.13. The normalized spacial score (nSPS) is 25.7. The summed E-state index contributed by atoms with van der Waals surface area (Å²) in [6.45, 7) is 2.26. The highest BCUT2D eigenvalue weighted by atomic mass is 14.6. The van der Waals surface area contributed by atoms with Gasteiger partial charge in [0.25, 0.3) is 0 Å². The lowest BCUT2D eigenvalue weighted by atomic mass is 10.1. The molecule has 1 saturated carbocycles. The molecule has 1 aliphatic carbocycles. The Bertz CT molecular complexity index is 161. The maximum atomic E-state index is 5.84. The van der Waals surface area contributed by atoms with Crippen molar-refractivity contribution in [3.8, 4) is 0 Å². The summed E-state index contributed by atoms with van der Waals surface area (Å²) in [6, 6.07) is 0.460. The molecule has 0 saturated heterocycles. The molecule has 13 heavy (non-hydrogen) atoms. The van der Waals surface area contributed by atoms with Crippen molar-refractivity contribution in [1.29, 1.82) is 0 Å². The van der Waals surface area contributed by atoms with E-state index in [0.29, 0.717) is 6.04 Å². The topological polar surface area (TPSA) is 26.0 Å². The molecule has 0 aromatic rings. The van der Waals surface area contributed by atoms with Crippen LogP contribution in [0, 0.1) is 0 Å². The predicted octanol–water partition coefficient (Wildman–Crippen LogP) is 3.39. The van der Waals surface area contributed by atoms with E-state index in [9.17, 15) is 0 Å². The highest BCUT2D eigenvalue weighted by Crippen LogP contribution is 2.23. The molecular weight excluding hydrogens is 158 g/mol. The Balaban J connectivity index is 2.03. The minimum absolute atomic E-state index is 0.460. The molecule has 1 heteroatoms. The Morgan fingerprint density at radius 2 is 2.23 bits per heavy atom. The zero-order chi connectivity index (χ0) is 9.52. The molecule has 0 heterocycles. The van der Waals surface area contributed by atoms with Gasteiger partial charge in [-0.15, -0.1) is 0 Å². The Morgan fingerprint density at radius 3 is 2.85 bits per heavy atom. The summed E-state index contributed by atoms with van der Waals surface area (Å²) in [5.74, 6) is 0. The van der Waals surface area contributed by atoms with E-state index in [1.54, 1.807) is 5.57 Å². The Kier molecular flexibility index (Phi) is 5.14. The number of nitrogens with two attached hydrogens (primary N) is 1. The van der Waals surface area contributed by atoms with Gasteiger partial charge in [0.2, 0.25) is 0 Å². The fourth-order valence-corrected chi connectivity index (χ4v) is 1.97. The van der Waals surface area contributed by atoms with E-state index in [1.165, 1.54) is 44.9 Å². The van der Waals surface area contributed by atoms with Gasteiger partial charge < -0.3 is 5.73 Å². The second-order valence-corrected chi connectivity index (χ2v) is 4.21. The van der Waals surface area contributed by atoms with Gasteiger partial charge >= 0.3 is 0 Å². The number of allylic oxidation sites excluding steroid dienone is 1. The molecule has 1 unspecified atom stereocenters. The predicted molar refractivity (Wildman–Crippen MR) is 58.7 cm³/mol. The van der Waals surface area contributed by atoms with Crippen LogP contribution in [-0.4, -0.2) is 6.04 Å². The van der Waals surface area contributed by atoms with Crippen molar-refractivity contribution in [2.45, 2.75) is 64.3 Å². The molecule has 0 radical (unpaired) electrons. The first-order valence-electron chi connectivity index (χ1n) is 5.76. The first-order chi connectivity index (χ1) is 6.33. The Labute approximate surface area is 82.4 Å². The molecule has 2 N–H and O–H groups in total. The van der Waals surface area contributed by atoms with E-state index < -0.39 is 0 Å². The third-order valence-corrected chi connectivity index (χ3v) is 2.85. The Morgan fingerprint density at radius 1 is 1.38 bits per heavy atom. The van der Waals surface area contributed by atoms with Crippen LogP contribution < -0.4 is 5.73 Å². The molecule has 76 valence electrons. The number of rotatable bonds is 5. The molecule has 0 aromatic carbocycles. The second-order valence-electron chi connectivity index (χ2n) is 4.21. The molecule has 1 rings (SSSR count). The average Bonchev–Trinajstić information content (AvgIpc) is 2.51.